The average Bonchev–Trinajstić information content (AvgIpc) is 3.38. The van der Waals surface area contributed by atoms with E-state index in [2.05, 4.69) is 0 Å². The van der Waals surface area contributed by atoms with Crippen LogP contribution in [0.5, 0.6) is 17.2 Å². The smallest absolute Gasteiger partial charge is 0.203 e. The molecule has 39 heavy (non-hydrogen) atoms. The highest BCUT2D eigenvalue weighted by molar-refractivity contribution is 6.32. The predicted molar refractivity (Wildman–Crippen MR) is 148 cm³/mol. The fourth-order valence-electron chi connectivity index (χ4n) is 6.81. The number of benzene rings is 3. The summed E-state index contributed by atoms with van der Waals surface area (Å²) in [6.07, 6.45) is 3.72. The lowest BCUT2D eigenvalue weighted by Crippen LogP contribution is -2.48. The predicted octanol–water partition coefficient (Wildman–Crippen LogP) is 5.39. The monoisotopic (exact) mass is 543 g/mol. The molecule has 0 amide bonds. The second-order valence-corrected chi connectivity index (χ2v) is 10.4. The molecule has 3 aromatic carbocycles. The first kappa shape index (κ1) is 25.2. The molecule has 3 atom stereocenters. The van der Waals surface area contributed by atoms with Gasteiger partial charge in [-0.15, -0.1) is 0 Å². The first-order chi connectivity index (χ1) is 18.8. The molecule has 1 saturated heterocycles. The molecule has 7 nitrogen and oxygen atoms in total. The Morgan fingerprint density at radius 2 is 1.56 bits per heavy atom. The maximum absolute atomic E-state index is 14.6. The average molecular weight is 544 g/mol. The fourth-order valence-corrected chi connectivity index (χ4v) is 6.99. The van der Waals surface area contributed by atoms with Gasteiger partial charge < -0.3 is 19.1 Å². The number of halogens is 1. The van der Waals surface area contributed by atoms with E-state index in [0.717, 1.165) is 11.3 Å². The number of Topliss-reactive ketones (excluding diaryl/α,β-unsaturated/α-hetero) is 3. The topological polar surface area (TPSA) is 82.1 Å². The van der Waals surface area contributed by atoms with Gasteiger partial charge in [0.15, 0.2) is 28.8 Å². The van der Waals surface area contributed by atoms with E-state index in [1.807, 2.05) is 29.2 Å². The van der Waals surface area contributed by atoms with Gasteiger partial charge in [0.25, 0.3) is 0 Å². The molecule has 1 spiro atoms. The minimum Gasteiger partial charge on any atom is -0.493 e. The van der Waals surface area contributed by atoms with E-state index in [1.165, 1.54) is 28.3 Å². The molecule has 0 aromatic heterocycles. The maximum Gasteiger partial charge on any atom is 0.203 e. The first-order valence-electron chi connectivity index (χ1n) is 12.5. The Morgan fingerprint density at radius 1 is 0.897 bits per heavy atom. The van der Waals surface area contributed by atoms with Crippen molar-refractivity contribution in [3.63, 3.8) is 0 Å². The van der Waals surface area contributed by atoms with Crippen molar-refractivity contribution in [1.29, 1.82) is 0 Å². The Balaban J connectivity index is 1.71. The van der Waals surface area contributed by atoms with Crippen molar-refractivity contribution in [2.24, 2.45) is 5.41 Å². The highest BCUT2D eigenvalue weighted by Crippen LogP contribution is 2.62. The van der Waals surface area contributed by atoms with Crippen molar-refractivity contribution < 1.29 is 28.6 Å². The SMILES string of the molecule is COc1ccc([C@H]2[C@H](C(C)=O)N3c4ccc(Cl)cc4C=C[C@@H]3C23C(=O)c2ccccc2C3=O)c(OC)c1OC. The van der Waals surface area contributed by atoms with E-state index in [0.29, 0.717) is 39.0 Å². The third kappa shape index (κ3) is 3.20. The van der Waals surface area contributed by atoms with E-state index in [4.69, 9.17) is 25.8 Å². The van der Waals surface area contributed by atoms with Crippen molar-refractivity contribution in [1.82, 2.24) is 0 Å². The Bertz CT molecular complexity index is 1560. The molecule has 0 radical (unpaired) electrons. The first-order valence-corrected chi connectivity index (χ1v) is 12.9. The van der Waals surface area contributed by atoms with Crippen LogP contribution >= 0.6 is 11.6 Å². The Kier molecular flexibility index (Phi) is 5.81. The number of carbonyl (C=O) groups excluding carboxylic acids is 3. The minimum absolute atomic E-state index is 0.188. The summed E-state index contributed by atoms with van der Waals surface area (Å²) in [5.74, 6) is -0.659. The molecule has 3 aliphatic rings. The second kappa shape index (κ2) is 8.99. The van der Waals surface area contributed by atoms with Crippen LogP contribution in [0.3, 0.4) is 0 Å². The number of carbonyl (C=O) groups is 3. The van der Waals surface area contributed by atoms with Crippen LogP contribution in [0, 0.1) is 5.41 Å². The summed E-state index contributed by atoms with van der Waals surface area (Å²) in [6.45, 7) is 1.49. The number of ketones is 3. The van der Waals surface area contributed by atoms with E-state index in [1.54, 1.807) is 42.5 Å². The van der Waals surface area contributed by atoms with E-state index >= 15 is 0 Å². The van der Waals surface area contributed by atoms with E-state index in [-0.39, 0.29) is 17.3 Å². The summed E-state index contributed by atoms with van der Waals surface area (Å²) >= 11 is 6.30. The molecule has 0 saturated carbocycles. The van der Waals surface area contributed by atoms with Crippen molar-refractivity contribution in [3.8, 4) is 17.2 Å². The second-order valence-electron chi connectivity index (χ2n) is 9.94. The molecule has 1 fully saturated rings. The van der Waals surface area contributed by atoms with Crippen LogP contribution in [-0.2, 0) is 4.79 Å². The number of nitrogens with zero attached hydrogens (tertiary/aromatic N) is 1. The normalized spacial score (nSPS) is 22.0. The van der Waals surface area contributed by atoms with Crippen LogP contribution in [0.15, 0.2) is 60.7 Å². The van der Waals surface area contributed by atoms with E-state index in [9.17, 15) is 14.4 Å². The summed E-state index contributed by atoms with van der Waals surface area (Å²) in [4.78, 5) is 44.7. The quantitative estimate of drug-likeness (QED) is 0.399. The molecule has 3 aromatic rings. The van der Waals surface area contributed by atoms with Gasteiger partial charge >= 0.3 is 0 Å². The number of rotatable bonds is 5. The van der Waals surface area contributed by atoms with Gasteiger partial charge in [-0.3, -0.25) is 14.4 Å². The van der Waals surface area contributed by atoms with Crippen molar-refractivity contribution >= 4 is 40.7 Å². The number of anilines is 1. The zero-order valence-electron chi connectivity index (χ0n) is 21.9. The minimum atomic E-state index is -1.62. The van der Waals surface area contributed by atoms with Crippen LogP contribution in [0.4, 0.5) is 5.69 Å². The number of methoxy groups -OCH3 is 3. The molecule has 0 bridgehead atoms. The van der Waals surface area contributed by atoms with Crippen LogP contribution in [0.2, 0.25) is 5.02 Å². The zero-order chi connectivity index (χ0) is 27.6. The molecule has 0 unspecified atom stereocenters. The lowest BCUT2D eigenvalue weighted by molar-refractivity contribution is -0.118. The van der Waals surface area contributed by atoms with Gasteiger partial charge in [0.1, 0.15) is 5.41 Å². The summed E-state index contributed by atoms with van der Waals surface area (Å²) in [6, 6.07) is 14.1. The molecule has 6 rings (SSSR count). The van der Waals surface area contributed by atoms with Crippen LogP contribution < -0.4 is 19.1 Å². The molecular weight excluding hydrogens is 518 g/mol. The lowest BCUT2D eigenvalue weighted by Gasteiger charge is -2.37. The van der Waals surface area contributed by atoms with Gasteiger partial charge in [0.2, 0.25) is 5.75 Å². The Labute approximate surface area is 230 Å². The molecule has 198 valence electrons. The number of hydrogen-bond donors (Lipinski definition) is 0. The maximum atomic E-state index is 14.6. The molecule has 2 aliphatic heterocycles. The lowest BCUT2D eigenvalue weighted by atomic mass is 9.64. The van der Waals surface area contributed by atoms with Crippen molar-refractivity contribution in [2.45, 2.75) is 24.9 Å². The van der Waals surface area contributed by atoms with Crippen molar-refractivity contribution in [3.05, 3.63) is 87.9 Å². The number of ether oxygens (including phenoxy) is 3. The summed E-state index contributed by atoms with van der Waals surface area (Å²) in [5.41, 5.74) is 1.13. The summed E-state index contributed by atoms with van der Waals surface area (Å²) in [7, 11) is 4.49. The molecular formula is C31H26ClNO6. The van der Waals surface area contributed by atoms with E-state index < -0.39 is 23.4 Å². The van der Waals surface area contributed by atoms with Gasteiger partial charge in [0.05, 0.1) is 33.4 Å². The Morgan fingerprint density at radius 3 is 2.15 bits per heavy atom. The number of hydrogen-bond acceptors (Lipinski definition) is 7. The highest BCUT2D eigenvalue weighted by atomic mass is 35.5. The summed E-state index contributed by atoms with van der Waals surface area (Å²) < 4.78 is 17.0. The molecule has 2 heterocycles. The summed E-state index contributed by atoms with van der Waals surface area (Å²) in [5, 5.41) is 0.545. The Hall–Kier alpha value is -4.10. The standard InChI is InChI=1S/C31H26ClNO6/c1-16(34)26-25(21-11-13-23(37-2)28(39-4)27(21)38-3)31(29(35)19-7-5-6-8-20(19)30(31)36)24-14-9-17-15-18(32)10-12-22(17)33(24)26/h5-15,24-26H,1-4H3/t24-,25+,26+/m1/s1. The third-order valence-electron chi connectivity index (χ3n) is 8.25. The van der Waals surface area contributed by atoms with Crippen LogP contribution in [0.25, 0.3) is 6.08 Å². The largest absolute Gasteiger partial charge is 0.493 e. The van der Waals surface area contributed by atoms with Crippen molar-refractivity contribution in [2.75, 3.05) is 26.2 Å². The highest BCUT2D eigenvalue weighted by Gasteiger charge is 2.71. The van der Waals surface area contributed by atoms with Gasteiger partial charge in [-0.1, -0.05) is 54.1 Å². The van der Waals surface area contributed by atoms with Gasteiger partial charge in [-0.2, -0.15) is 0 Å². The molecule has 0 N–H and O–H groups in total. The zero-order valence-corrected chi connectivity index (χ0v) is 22.6. The molecule has 1 aliphatic carbocycles. The van der Waals surface area contributed by atoms with Gasteiger partial charge in [-0.25, -0.2) is 0 Å². The fraction of sp³-hybridized carbons (Fsp3) is 0.258. The number of fused-ring (bicyclic) bond motifs is 5. The third-order valence-corrected chi connectivity index (χ3v) is 8.49. The van der Waals surface area contributed by atoms with Crippen LogP contribution in [0.1, 0.15) is 44.7 Å². The van der Waals surface area contributed by atoms with Gasteiger partial charge in [-0.05, 0) is 36.8 Å². The van der Waals surface area contributed by atoms with Crippen LogP contribution in [-0.4, -0.2) is 50.8 Å². The van der Waals surface area contributed by atoms with Gasteiger partial charge in [0, 0.05) is 33.3 Å². The molecule has 8 heteroatoms.